The Hall–Kier alpha value is -1.10. The van der Waals surface area contributed by atoms with E-state index in [0.717, 1.165) is 18.5 Å². The Kier molecular flexibility index (Phi) is 4.14. The van der Waals surface area contributed by atoms with Crippen molar-refractivity contribution in [2.24, 2.45) is 11.8 Å². The summed E-state index contributed by atoms with van der Waals surface area (Å²) < 4.78 is 38.2. The molecule has 0 amide bonds. The summed E-state index contributed by atoms with van der Waals surface area (Å²) >= 11 is 0. The first-order valence-corrected chi connectivity index (χ1v) is 5.44. The Morgan fingerprint density at radius 1 is 1.24 bits per heavy atom. The highest BCUT2D eigenvalue weighted by Gasteiger charge is 2.36. The molecule has 5 heteroatoms. The molecule has 1 aromatic rings. The van der Waals surface area contributed by atoms with Crippen LogP contribution in [0, 0.1) is 11.8 Å². The van der Waals surface area contributed by atoms with Crippen LogP contribution in [0.3, 0.4) is 0 Å². The monoisotopic (exact) mass is 247 g/mol. The van der Waals surface area contributed by atoms with Gasteiger partial charge in [0.05, 0.1) is 11.7 Å². The van der Waals surface area contributed by atoms with E-state index in [2.05, 4.69) is 4.98 Å². The molecule has 0 bridgehead atoms. The maximum absolute atomic E-state index is 12.7. The molecule has 0 saturated carbocycles. The quantitative estimate of drug-likeness (QED) is 0.887. The number of alkyl halides is 3. The number of aliphatic hydroxyl groups excluding tert-OH is 1. The summed E-state index contributed by atoms with van der Waals surface area (Å²) in [5.74, 6) is -0.174. The lowest BCUT2D eigenvalue weighted by Crippen LogP contribution is -2.19. The van der Waals surface area contributed by atoms with Crippen molar-refractivity contribution in [1.82, 2.24) is 4.98 Å². The highest BCUT2D eigenvalue weighted by atomic mass is 19.4. The standard InChI is InChI=1S/C12H16F3NO/c1-7(2)8(3)11(17)9-6-16-5-4-10(9)12(13,14)15/h4-8,11,17H,1-3H3. The average molecular weight is 247 g/mol. The van der Waals surface area contributed by atoms with Crippen molar-refractivity contribution in [2.75, 3.05) is 0 Å². The molecular weight excluding hydrogens is 231 g/mol. The van der Waals surface area contributed by atoms with Gasteiger partial charge in [-0.3, -0.25) is 4.98 Å². The molecule has 0 radical (unpaired) electrons. The molecule has 17 heavy (non-hydrogen) atoms. The molecule has 2 atom stereocenters. The van der Waals surface area contributed by atoms with Crippen LogP contribution in [0.15, 0.2) is 18.5 Å². The third-order valence-electron chi connectivity index (χ3n) is 3.03. The van der Waals surface area contributed by atoms with E-state index in [1.54, 1.807) is 6.92 Å². The fraction of sp³-hybridized carbons (Fsp3) is 0.583. The fourth-order valence-corrected chi connectivity index (χ4v) is 1.55. The Bertz CT molecular complexity index is 376. The van der Waals surface area contributed by atoms with E-state index >= 15 is 0 Å². The topological polar surface area (TPSA) is 33.1 Å². The molecule has 1 aromatic heterocycles. The molecule has 0 aliphatic rings. The van der Waals surface area contributed by atoms with Crippen molar-refractivity contribution in [2.45, 2.75) is 33.1 Å². The molecule has 2 unspecified atom stereocenters. The smallest absolute Gasteiger partial charge is 0.388 e. The van der Waals surface area contributed by atoms with Gasteiger partial charge >= 0.3 is 6.18 Å². The lowest BCUT2D eigenvalue weighted by atomic mass is 9.87. The van der Waals surface area contributed by atoms with Gasteiger partial charge in [0.25, 0.3) is 0 Å². The highest BCUT2D eigenvalue weighted by molar-refractivity contribution is 5.28. The summed E-state index contributed by atoms with van der Waals surface area (Å²) in [6, 6.07) is 0.894. The number of aliphatic hydroxyl groups is 1. The third-order valence-corrected chi connectivity index (χ3v) is 3.03. The maximum Gasteiger partial charge on any atom is 0.416 e. The van der Waals surface area contributed by atoms with Gasteiger partial charge in [0.15, 0.2) is 0 Å². The van der Waals surface area contributed by atoms with Gasteiger partial charge in [-0.1, -0.05) is 20.8 Å². The summed E-state index contributed by atoms with van der Waals surface area (Å²) in [5, 5.41) is 9.96. The molecule has 1 heterocycles. The maximum atomic E-state index is 12.7. The van der Waals surface area contributed by atoms with Gasteiger partial charge in [-0.25, -0.2) is 0 Å². The molecule has 0 aliphatic carbocycles. The van der Waals surface area contributed by atoms with Crippen LogP contribution in [0.5, 0.6) is 0 Å². The second-order valence-electron chi connectivity index (χ2n) is 4.51. The lowest BCUT2D eigenvalue weighted by Gasteiger charge is -2.24. The van der Waals surface area contributed by atoms with Crippen molar-refractivity contribution in [1.29, 1.82) is 0 Å². The van der Waals surface area contributed by atoms with Crippen molar-refractivity contribution >= 4 is 0 Å². The second kappa shape index (κ2) is 5.04. The van der Waals surface area contributed by atoms with Crippen molar-refractivity contribution in [3.05, 3.63) is 29.6 Å². The normalized spacial score (nSPS) is 16.0. The average Bonchev–Trinajstić information content (AvgIpc) is 2.25. The Balaban J connectivity index is 3.14. The van der Waals surface area contributed by atoms with E-state index in [-0.39, 0.29) is 17.4 Å². The fourth-order valence-electron chi connectivity index (χ4n) is 1.55. The first-order chi connectivity index (χ1) is 7.75. The summed E-state index contributed by atoms with van der Waals surface area (Å²) in [4.78, 5) is 3.66. The van der Waals surface area contributed by atoms with Gasteiger partial charge < -0.3 is 5.11 Å². The predicted octanol–water partition coefficient (Wildman–Crippen LogP) is 3.43. The molecule has 2 nitrogen and oxygen atoms in total. The molecular formula is C12H16F3NO. The first kappa shape index (κ1) is 14.0. The van der Waals surface area contributed by atoms with Crippen LogP contribution < -0.4 is 0 Å². The third kappa shape index (κ3) is 3.19. The van der Waals surface area contributed by atoms with Gasteiger partial charge in [-0.15, -0.1) is 0 Å². The SMILES string of the molecule is CC(C)C(C)C(O)c1cnccc1C(F)(F)F. The molecule has 0 spiro atoms. The van der Waals surface area contributed by atoms with Crippen molar-refractivity contribution in [3.8, 4) is 0 Å². The number of rotatable bonds is 3. The predicted molar refractivity (Wildman–Crippen MR) is 58.2 cm³/mol. The van der Waals surface area contributed by atoms with E-state index in [4.69, 9.17) is 0 Å². The molecule has 0 aromatic carbocycles. The van der Waals surface area contributed by atoms with E-state index in [0.29, 0.717) is 0 Å². The lowest BCUT2D eigenvalue weighted by molar-refractivity contribution is -0.139. The highest BCUT2D eigenvalue weighted by Crippen LogP contribution is 2.37. The Morgan fingerprint density at radius 2 is 1.82 bits per heavy atom. The molecule has 0 saturated heterocycles. The van der Waals surface area contributed by atoms with Gasteiger partial charge in [-0.05, 0) is 17.9 Å². The summed E-state index contributed by atoms with van der Waals surface area (Å²) in [6.45, 7) is 5.44. The summed E-state index contributed by atoms with van der Waals surface area (Å²) in [6.07, 6.45) is -3.44. The van der Waals surface area contributed by atoms with Crippen LogP contribution in [0.1, 0.15) is 38.0 Å². The zero-order valence-electron chi connectivity index (χ0n) is 9.99. The molecule has 1 rings (SSSR count). The minimum absolute atomic E-state index is 0.0892. The first-order valence-electron chi connectivity index (χ1n) is 5.44. The second-order valence-corrected chi connectivity index (χ2v) is 4.51. The van der Waals surface area contributed by atoms with Crippen LogP contribution in [0.25, 0.3) is 0 Å². The Morgan fingerprint density at radius 3 is 2.29 bits per heavy atom. The molecule has 0 aliphatic heterocycles. The number of hydrogen-bond acceptors (Lipinski definition) is 2. The molecule has 96 valence electrons. The van der Waals surface area contributed by atoms with Gasteiger partial charge in [0.1, 0.15) is 0 Å². The zero-order valence-corrected chi connectivity index (χ0v) is 9.99. The molecule has 1 N–H and O–H groups in total. The van der Waals surface area contributed by atoms with Gasteiger partial charge in [0, 0.05) is 18.0 Å². The van der Waals surface area contributed by atoms with Crippen LogP contribution in [0.2, 0.25) is 0 Å². The van der Waals surface area contributed by atoms with E-state index in [1.807, 2.05) is 13.8 Å². The number of hydrogen-bond donors (Lipinski definition) is 1. The van der Waals surface area contributed by atoms with Crippen molar-refractivity contribution < 1.29 is 18.3 Å². The number of halogens is 3. The number of aromatic nitrogens is 1. The minimum atomic E-state index is -4.46. The summed E-state index contributed by atoms with van der Waals surface area (Å²) in [5.41, 5.74) is -0.964. The number of pyridine rings is 1. The number of nitrogens with zero attached hydrogens (tertiary/aromatic N) is 1. The van der Waals surface area contributed by atoms with Crippen LogP contribution >= 0.6 is 0 Å². The van der Waals surface area contributed by atoms with Crippen molar-refractivity contribution in [3.63, 3.8) is 0 Å². The Labute approximate surface area is 98.5 Å². The minimum Gasteiger partial charge on any atom is -0.388 e. The largest absolute Gasteiger partial charge is 0.416 e. The van der Waals surface area contributed by atoms with Gasteiger partial charge in [-0.2, -0.15) is 13.2 Å². The summed E-state index contributed by atoms with van der Waals surface area (Å²) in [7, 11) is 0. The zero-order chi connectivity index (χ0) is 13.2. The van der Waals surface area contributed by atoms with Crippen LogP contribution in [-0.2, 0) is 6.18 Å². The van der Waals surface area contributed by atoms with E-state index in [1.165, 1.54) is 0 Å². The van der Waals surface area contributed by atoms with E-state index in [9.17, 15) is 18.3 Å². The molecule has 0 fully saturated rings. The van der Waals surface area contributed by atoms with Gasteiger partial charge in [0.2, 0.25) is 0 Å². The van der Waals surface area contributed by atoms with Crippen LogP contribution in [-0.4, -0.2) is 10.1 Å². The van der Waals surface area contributed by atoms with Crippen LogP contribution in [0.4, 0.5) is 13.2 Å². The van der Waals surface area contributed by atoms with E-state index < -0.39 is 17.8 Å².